The van der Waals surface area contributed by atoms with Crippen LogP contribution in [-0.2, 0) is 0 Å². The minimum absolute atomic E-state index is 0.182. The van der Waals surface area contributed by atoms with E-state index in [-0.39, 0.29) is 3.23 Å². The van der Waals surface area contributed by atoms with E-state index in [1.807, 2.05) is 0 Å². The molecule has 3 heteroatoms. The van der Waals surface area contributed by atoms with E-state index >= 15 is 0 Å². The lowest BCUT2D eigenvalue weighted by Gasteiger charge is -2.03. The predicted molar refractivity (Wildman–Crippen MR) is 67.1 cm³/mol. The third-order valence-electron chi connectivity index (χ3n) is 2.11. The van der Waals surface area contributed by atoms with Crippen LogP contribution < -0.4 is 0 Å². The zero-order valence-corrected chi connectivity index (χ0v) is 11.6. The Bertz CT molecular complexity index is 309. The van der Waals surface area contributed by atoms with Gasteiger partial charge in [0, 0.05) is 9.49 Å². The van der Waals surface area contributed by atoms with E-state index in [4.69, 9.17) is 0 Å². The Morgan fingerprint density at radius 3 is 2.42 bits per heavy atom. The molecule has 64 valence electrons. The van der Waals surface area contributed by atoms with Crippen molar-refractivity contribution in [2.75, 3.05) is 0 Å². The molecule has 1 unspecified atom stereocenters. The number of halogens is 3. The molecule has 0 nitrogen and oxygen atoms in total. The first-order valence-corrected chi connectivity index (χ1v) is 6.40. The molecule has 0 amide bonds. The van der Waals surface area contributed by atoms with Crippen molar-refractivity contribution in [2.45, 2.75) is 15.6 Å². The van der Waals surface area contributed by atoms with Gasteiger partial charge in [-0.25, -0.2) is 0 Å². The van der Waals surface area contributed by atoms with Crippen LogP contribution in [0.3, 0.4) is 0 Å². The van der Waals surface area contributed by atoms with Gasteiger partial charge < -0.3 is 0 Å². The van der Waals surface area contributed by atoms with E-state index in [0.29, 0.717) is 5.92 Å². The smallest absolute Gasteiger partial charge is 0.0720 e. The molecule has 1 saturated carbocycles. The van der Waals surface area contributed by atoms with Gasteiger partial charge in [-0.15, -0.1) is 0 Å². The monoisotopic (exact) mass is 400 g/mol. The predicted octanol–water partition coefficient (Wildman–Crippen LogP) is 4.26. The zero-order valence-electron chi connectivity index (χ0n) is 6.23. The van der Waals surface area contributed by atoms with Crippen LogP contribution in [0.5, 0.6) is 0 Å². The van der Waals surface area contributed by atoms with Gasteiger partial charge in [-0.1, -0.05) is 50.1 Å². The van der Waals surface area contributed by atoms with Crippen molar-refractivity contribution in [2.24, 2.45) is 0 Å². The van der Waals surface area contributed by atoms with Gasteiger partial charge in [0.25, 0.3) is 0 Å². The summed E-state index contributed by atoms with van der Waals surface area (Å²) in [5.74, 6) is 0.644. The summed E-state index contributed by atoms with van der Waals surface area (Å²) in [6.45, 7) is 0. The number of benzene rings is 1. The molecule has 0 aliphatic heterocycles. The van der Waals surface area contributed by atoms with Crippen LogP contribution in [0.4, 0.5) is 0 Å². The normalized spacial score (nSPS) is 25.4. The first-order chi connectivity index (χ1) is 5.61. The second-order valence-corrected chi connectivity index (χ2v) is 8.10. The van der Waals surface area contributed by atoms with Crippen LogP contribution in [0.1, 0.15) is 17.9 Å². The highest BCUT2D eigenvalue weighted by atomic mass is 127. The summed E-state index contributed by atoms with van der Waals surface area (Å²) >= 11 is 9.66. The molecule has 12 heavy (non-hydrogen) atoms. The molecule has 0 radical (unpaired) electrons. The molecule has 0 bridgehead atoms. The van der Waals surface area contributed by atoms with E-state index in [2.05, 4.69) is 78.7 Å². The lowest BCUT2D eigenvalue weighted by atomic mass is 10.1. The summed E-state index contributed by atoms with van der Waals surface area (Å²) in [6.07, 6.45) is 1.19. The van der Waals surface area contributed by atoms with Gasteiger partial charge in [0.05, 0.1) is 3.23 Å². The van der Waals surface area contributed by atoms with Gasteiger partial charge >= 0.3 is 0 Å². The summed E-state index contributed by atoms with van der Waals surface area (Å²) in [5.41, 5.74) is 1.45. The molecule has 0 saturated heterocycles. The third-order valence-corrected chi connectivity index (χ3v) is 4.84. The SMILES string of the molecule is BrC1(Br)CC1c1ccccc1I. The van der Waals surface area contributed by atoms with Crippen LogP contribution in [0.15, 0.2) is 24.3 Å². The van der Waals surface area contributed by atoms with Crippen molar-refractivity contribution >= 4 is 54.5 Å². The molecule has 1 fully saturated rings. The van der Waals surface area contributed by atoms with Gasteiger partial charge in [-0.05, 0) is 40.6 Å². The fraction of sp³-hybridized carbons (Fsp3) is 0.333. The Balaban J connectivity index is 2.31. The maximum atomic E-state index is 3.64. The second-order valence-electron chi connectivity index (χ2n) is 3.04. The standard InChI is InChI=1S/C9H7Br2I/c10-9(11)5-7(9)6-3-1-2-4-8(6)12/h1-4,7H,5H2. The molecule has 0 spiro atoms. The summed E-state index contributed by atoms with van der Waals surface area (Å²) in [7, 11) is 0. The van der Waals surface area contributed by atoms with Gasteiger partial charge in [-0.3, -0.25) is 0 Å². The fourth-order valence-electron chi connectivity index (χ4n) is 1.31. The topological polar surface area (TPSA) is 0 Å². The minimum Gasteiger partial charge on any atom is -0.0720 e. The van der Waals surface area contributed by atoms with Gasteiger partial charge in [0.15, 0.2) is 0 Å². The average molecular weight is 402 g/mol. The molecule has 1 aliphatic carbocycles. The maximum absolute atomic E-state index is 3.64. The summed E-state index contributed by atoms with van der Waals surface area (Å²) in [6, 6.07) is 8.55. The molecular formula is C9H7Br2I. The highest BCUT2D eigenvalue weighted by Gasteiger charge is 2.51. The van der Waals surface area contributed by atoms with Gasteiger partial charge in [0.2, 0.25) is 0 Å². The van der Waals surface area contributed by atoms with Gasteiger partial charge in [-0.2, -0.15) is 0 Å². The Hall–Kier alpha value is 0.910. The van der Waals surface area contributed by atoms with Crippen molar-refractivity contribution < 1.29 is 0 Å². The van der Waals surface area contributed by atoms with E-state index < -0.39 is 0 Å². The maximum Gasteiger partial charge on any atom is 0.0881 e. The molecule has 0 N–H and O–H groups in total. The molecule has 2 rings (SSSR count). The summed E-state index contributed by atoms with van der Waals surface area (Å²) in [4.78, 5) is 0. The third kappa shape index (κ3) is 1.73. The molecule has 1 aliphatic rings. The van der Waals surface area contributed by atoms with Crippen LogP contribution >= 0.6 is 54.5 Å². The van der Waals surface area contributed by atoms with Crippen molar-refractivity contribution in [3.63, 3.8) is 0 Å². The molecule has 1 aromatic rings. The lowest BCUT2D eigenvalue weighted by molar-refractivity contribution is 1.11. The molecule has 1 atom stereocenters. The average Bonchev–Trinajstić information content (AvgIpc) is 2.61. The van der Waals surface area contributed by atoms with E-state index in [9.17, 15) is 0 Å². The van der Waals surface area contributed by atoms with Crippen molar-refractivity contribution in [1.82, 2.24) is 0 Å². The van der Waals surface area contributed by atoms with Crippen molar-refractivity contribution in [1.29, 1.82) is 0 Å². The van der Waals surface area contributed by atoms with E-state index in [0.717, 1.165) is 0 Å². The highest BCUT2D eigenvalue weighted by Crippen LogP contribution is 2.62. The fourth-order valence-corrected chi connectivity index (χ4v) is 3.21. The first-order valence-electron chi connectivity index (χ1n) is 3.73. The molecule has 0 aromatic heterocycles. The first kappa shape index (κ1) is 9.46. The quantitative estimate of drug-likeness (QED) is 0.487. The zero-order chi connectivity index (χ0) is 8.77. The van der Waals surface area contributed by atoms with Gasteiger partial charge in [0.1, 0.15) is 0 Å². The highest BCUT2D eigenvalue weighted by molar-refractivity contribution is 14.1. The number of hydrogen-bond donors (Lipinski definition) is 0. The molecule has 1 aromatic carbocycles. The Morgan fingerprint density at radius 2 is 1.92 bits per heavy atom. The largest absolute Gasteiger partial charge is 0.0881 e. The molecule has 0 heterocycles. The molecular weight excluding hydrogens is 395 g/mol. The number of alkyl halides is 2. The number of hydrogen-bond acceptors (Lipinski definition) is 0. The van der Waals surface area contributed by atoms with Crippen LogP contribution in [0, 0.1) is 3.57 Å². The minimum atomic E-state index is 0.182. The van der Waals surface area contributed by atoms with Crippen molar-refractivity contribution in [3.05, 3.63) is 33.4 Å². The Labute approximate surface area is 103 Å². The number of rotatable bonds is 1. The van der Waals surface area contributed by atoms with Crippen LogP contribution in [0.2, 0.25) is 0 Å². The lowest BCUT2D eigenvalue weighted by Crippen LogP contribution is -1.90. The van der Waals surface area contributed by atoms with Crippen molar-refractivity contribution in [3.8, 4) is 0 Å². The van der Waals surface area contributed by atoms with Crippen LogP contribution in [-0.4, -0.2) is 3.23 Å². The van der Waals surface area contributed by atoms with E-state index in [1.54, 1.807) is 0 Å². The Kier molecular flexibility index (Phi) is 2.56. The second kappa shape index (κ2) is 3.24. The Morgan fingerprint density at radius 1 is 1.33 bits per heavy atom. The van der Waals surface area contributed by atoms with Crippen LogP contribution in [0.25, 0.3) is 0 Å². The van der Waals surface area contributed by atoms with E-state index in [1.165, 1.54) is 15.6 Å². The summed E-state index contributed by atoms with van der Waals surface area (Å²) in [5, 5.41) is 0. The summed E-state index contributed by atoms with van der Waals surface area (Å²) < 4.78 is 1.54.